The van der Waals surface area contributed by atoms with Crippen LogP contribution in [-0.4, -0.2) is 12.6 Å². The Morgan fingerprint density at radius 3 is 2.88 bits per heavy atom. The van der Waals surface area contributed by atoms with E-state index in [1.54, 1.807) is 6.07 Å². The van der Waals surface area contributed by atoms with Crippen molar-refractivity contribution in [2.24, 2.45) is 0 Å². The minimum atomic E-state index is -0.429. The molecule has 0 spiro atoms. The van der Waals surface area contributed by atoms with Crippen LogP contribution in [0.15, 0.2) is 12.1 Å². The highest BCUT2D eigenvalue weighted by molar-refractivity contribution is 6.30. The van der Waals surface area contributed by atoms with Crippen LogP contribution in [0.4, 0.5) is 4.39 Å². The molecule has 0 amide bonds. The number of fused-ring (bicyclic) bond motifs is 1. The molecule has 2 aliphatic rings. The first-order valence-electron chi connectivity index (χ1n) is 5.62. The molecule has 1 aromatic rings. The summed E-state index contributed by atoms with van der Waals surface area (Å²) < 4.78 is 19.1. The van der Waals surface area contributed by atoms with Crippen LogP contribution in [0.1, 0.15) is 30.9 Å². The van der Waals surface area contributed by atoms with Gasteiger partial charge in [-0.3, -0.25) is 0 Å². The van der Waals surface area contributed by atoms with Crippen LogP contribution in [0.2, 0.25) is 5.02 Å². The van der Waals surface area contributed by atoms with E-state index in [9.17, 15) is 4.39 Å². The number of rotatable bonds is 2. The summed E-state index contributed by atoms with van der Waals surface area (Å²) in [6.45, 7) is 0.550. The summed E-state index contributed by atoms with van der Waals surface area (Å²) in [6, 6.07) is 4.28. The van der Waals surface area contributed by atoms with Crippen LogP contribution in [0, 0.1) is 5.82 Å². The Morgan fingerprint density at radius 2 is 2.12 bits per heavy atom. The lowest BCUT2D eigenvalue weighted by atomic mass is 10.00. The molecule has 0 saturated heterocycles. The van der Waals surface area contributed by atoms with Gasteiger partial charge in [-0.05, 0) is 18.9 Å². The van der Waals surface area contributed by atoms with Crippen molar-refractivity contribution in [3.63, 3.8) is 0 Å². The van der Waals surface area contributed by atoms with Gasteiger partial charge in [0.2, 0.25) is 0 Å². The molecule has 4 heteroatoms. The lowest BCUT2D eigenvalue weighted by Crippen LogP contribution is -2.29. The minimum Gasteiger partial charge on any atom is -0.490 e. The van der Waals surface area contributed by atoms with Gasteiger partial charge in [0.1, 0.15) is 0 Å². The molecule has 1 fully saturated rings. The molecule has 1 saturated carbocycles. The van der Waals surface area contributed by atoms with E-state index in [1.165, 1.54) is 12.8 Å². The van der Waals surface area contributed by atoms with Crippen LogP contribution >= 0.6 is 11.6 Å². The van der Waals surface area contributed by atoms with Gasteiger partial charge in [-0.1, -0.05) is 17.7 Å². The van der Waals surface area contributed by atoms with Gasteiger partial charge >= 0.3 is 0 Å². The van der Waals surface area contributed by atoms with Crippen molar-refractivity contribution < 1.29 is 9.13 Å². The molecule has 1 aliphatic heterocycles. The van der Waals surface area contributed by atoms with Crippen LogP contribution < -0.4 is 10.1 Å². The SMILES string of the molecule is Fc1c(Cl)ccc2c1OCCC2NC1CC1. The molecule has 86 valence electrons. The van der Waals surface area contributed by atoms with E-state index in [4.69, 9.17) is 16.3 Å². The van der Waals surface area contributed by atoms with Crippen molar-refractivity contribution in [1.82, 2.24) is 5.32 Å². The maximum Gasteiger partial charge on any atom is 0.183 e. The third-order valence-corrected chi connectivity index (χ3v) is 3.41. The second-order valence-corrected chi connectivity index (χ2v) is 4.82. The molecule has 1 aromatic carbocycles. The van der Waals surface area contributed by atoms with Crippen LogP contribution in [0.5, 0.6) is 5.75 Å². The third-order valence-electron chi connectivity index (χ3n) is 3.12. The van der Waals surface area contributed by atoms with Crippen LogP contribution in [-0.2, 0) is 0 Å². The Labute approximate surface area is 98.7 Å². The molecule has 1 unspecified atom stereocenters. The zero-order chi connectivity index (χ0) is 11.1. The zero-order valence-corrected chi connectivity index (χ0v) is 9.56. The molecule has 0 radical (unpaired) electrons. The van der Waals surface area contributed by atoms with E-state index < -0.39 is 5.82 Å². The molecule has 1 aliphatic carbocycles. The monoisotopic (exact) mass is 241 g/mol. The molecule has 0 aromatic heterocycles. The number of ether oxygens (including phenoxy) is 1. The van der Waals surface area contributed by atoms with E-state index in [0.29, 0.717) is 18.4 Å². The van der Waals surface area contributed by atoms with Crippen LogP contribution in [0.25, 0.3) is 0 Å². The molecule has 16 heavy (non-hydrogen) atoms. The van der Waals surface area contributed by atoms with E-state index in [2.05, 4.69) is 5.32 Å². The summed E-state index contributed by atoms with van der Waals surface area (Å²) in [7, 11) is 0. The fourth-order valence-corrected chi connectivity index (χ4v) is 2.26. The Bertz CT molecular complexity index is 420. The van der Waals surface area contributed by atoms with Crippen molar-refractivity contribution in [3.05, 3.63) is 28.5 Å². The van der Waals surface area contributed by atoms with Crippen molar-refractivity contribution in [3.8, 4) is 5.75 Å². The first kappa shape index (κ1) is 10.4. The number of hydrogen-bond donors (Lipinski definition) is 1. The Kier molecular flexibility index (Phi) is 2.52. The van der Waals surface area contributed by atoms with Gasteiger partial charge in [0.25, 0.3) is 0 Å². The fraction of sp³-hybridized carbons (Fsp3) is 0.500. The number of halogens is 2. The highest BCUT2D eigenvalue weighted by Gasteiger charge is 2.30. The summed E-state index contributed by atoms with van der Waals surface area (Å²) in [5.41, 5.74) is 0.903. The predicted octanol–water partition coefficient (Wildman–Crippen LogP) is 3.05. The summed E-state index contributed by atoms with van der Waals surface area (Å²) in [4.78, 5) is 0. The van der Waals surface area contributed by atoms with E-state index in [1.807, 2.05) is 6.07 Å². The molecule has 1 N–H and O–H groups in total. The van der Waals surface area contributed by atoms with Crippen molar-refractivity contribution in [2.45, 2.75) is 31.3 Å². The highest BCUT2D eigenvalue weighted by Crippen LogP contribution is 2.38. The number of benzene rings is 1. The molecule has 1 heterocycles. The Balaban J connectivity index is 1.94. The minimum absolute atomic E-state index is 0.130. The van der Waals surface area contributed by atoms with Crippen molar-refractivity contribution >= 4 is 11.6 Å². The second kappa shape index (κ2) is 3.90. The molecule has 1 atom stereocenters. The summed E-state index contributed by atoms with van der Waals surface area (Å²) >= 11 is 5.74. The molecule has 2 nitrogen and oxygen atoms in total. The maximum atomic E-state index is 13.7. The van der Waals surface area contributed by atoms with Gasteiger partial charge < -0.3 is 10.1 Å². The fourth-order valence-electron chi connectivity index (χ4n) is 2.11. The first-order valence-corrected chi connectivity index (χ1v) is 6.00. The average Bonchev–Trinajstić information content (AvgIpc) is 3.08. The topological polar surface area (TPSA) is 21.3 Å². The molecule has 0 bridgehead atoms. The molecular weight excluding hydrogens is 229 g/mol. The normalized spacial score (nSPS) is 23.8. The quantitative estimate of drug-likeness (QED) is 0.859. The van der Waals surface area contributed by atoms with Gasteiger partial charge in [-0.15, -0.1) is 0 Å². The molecular formula is C12H13ClFNO. The van der Waals surface area contributed by atoms with Gasteiger partial charge in [0.05, 0.1) is 11.6 Å². The predicted molar refractivity (Wildman–Crippen MR) is 60.4 cm³/mol. The van der Waals surface area contributed by atoms with Gasteiger partial charge in [-0.2, -0.15) is 0 Å². The van der Waals surface area contributed by atoms with E-state index >= 15 is 0 Å². The van der Waals surface area contributed by atoms with Gasteiger partial charge in [0.15, 0.2) is 11.6 Å². The smallest absolute Gasteiger partial charge is 0.183 e. The first-order chi connectivity index (χ1) is 7.75. The van der Waals surface area contributed by atoms with Gasteiger partial charge in [-0.25, -0.2) is 4.39 Å². The number of nitrogens with one attached hydrogen (secondary N) is 1. The number of hydrogen-bond acceptors (Lipinski definition) is 2. The van der Waals surface area contributed by atoms with E-state index in [0.717, 1.165) is 12.0 Å². The lowest BCUT2D eigenvalue weighted by Gasteiger charge is -2.27. The highest BCUT2D eigenvalue weighted by atomic mass is 35.5. The van der Waals surface area contributed by atoms with E-state index in [-0.39, 0.29) is 11.1 Å². The van der Waals surface area contributed by atoms with Crippen molar-refractivity contribution in [1.29, 1.82) is 0 Å². The third kappa shape index (κ3) is 1.78. The van der Waals surface area contributed by atoms with Crippen LogP contribution in [0.3, 0.4) is 0 Å². The standard InChI is InChI=1S/C12H13ClFNO/c13-9-4-3-8-10(15-7-1-2-7)5-6-16-12(8)11(9)14/h3-4,7,10,15H,1-2,5-6H2. The largest absolute Gasteiger partial charge is 0.490 e. The maximum absolute atomic E-state index is 13.7. The molecule has 3 rings (SSSR count). The summed E-state index contributed by atoms with van der Waals surface area (Å²) in [5.74, 6) is -0.0987. The summed E-state index contributed by atoms with van der Waals surface area (Å²) in [6.07, 6.45) is 3.34. The van der Waals surface area contributed by atoms with Crippen molar-refractivity contribution in [2.75, 3.05) is 6.61 Å². The second-order valence-electron chi connectivity index (χ2n) is 4.41. The average molecular weight is 242 g/mol. The Morgan fingerprint density at radius 1 is 1.31 bits per heavy atom. The Hall–Kier alpha value is -0.800. The van der Waals surface area contributed by atoms with Gasteiger partial charge in [0, 0.05) is 24.1 Å². The lowest BCUT2D eigenvalue weighted by molar-refractivity contribution is 0.240. The zero-order valence-electron chi connectivity index (χ0n) is 8.80. The summed E-state index contributed by atoms with van der Waals surface area (Å²) in [5, 5.41) is 3.64.